The summed E-state index contributed by atoms with van der Waals surface area (Å²) in [6.07, 6.45) is 2.04. The lowest BCUT2D eigenvalue weighted by Crippen LogP contribution is -2.53. The summed E-state index contributed by atoms with van der Waals surface area (Å²) in [4.78, 5) is 60.8. The number of ketones is 1. The van der Waals surface area contributed by atoms with E-state index in [2.05, 4.69) is 15.8 Å². The molecule has 2 N–H and O–H groups in total. The van der Waals surface area contributed by atoms with Crippen LogP contribution in [0, 0.1) is 5.82 Å². The van der Waals surface area contributed by atoms with E-state index in [1.54, 1.807) is 12.1 Å². The van der Waals surface area contributed by atoms with E-state index in [4.69, 9.17) is 9.57 Å². The fraction of sp³-hybridized carbons (Fsp3) is 0.378. The maximum atomic E-state index is 14.0. The number of hydrogen-bond donors (Lipinski definition) is 2. The third-order valence-electron chi connectivity index (χ3n) is 9.62. The van der Waals surface area contributed by atoms with Crippen LogP contribution in [0.5, 0.6) is 0 Å². The monoisotopic (exact) mass is 652 g/mol. The molecule has 11 heteroatoms. The van der Waals surface area contributed by atoms with Gasteiger partial charge in [-0.3, -0.25) is 19.3 Å². The van der Waals surface area contributed by atoms with Crippen molar-refractivity contribution < 1.29 is 33.1 Å². The first-order valence-electron chi connectivity index (χ1n) is 16.5. The van der Waals surface area contributed by atoms with Gasteiger partial charge < -0.3 is 20.2 Å². The van der Waals surface area contributed by atoms with E-state index in [0.717, 1.165) is 35.1 Å². The van der Waals surface area contributed by atoms with Crippen LogP contribution in [-0.2, 0) is 24.0 Å². The highest BCUT2D eigenvalue weighted by Crippen LogP contribution is 2.45. The van der Waals surface area contributed by atoms with Crippen LogP contribution in [-0.4, -0.2) is 71.2 Å². The van der Waals surface area contributed by atoms with Gasteiger partial charge in [0.15, 0.2) is 5.60 Å². The second kappa shape index (κ2) is 12.9. The predicted molar refractivity (Wildman–Crippen MR) is 175 cm³/mol. The first-order chi connectivity index (χ1) is 23.2. The SMILES string of the molecule is CCC[C@H](NC(=O)[C@@H]1C[C@]2(CC(c3cccc(F)c3)=NO2)CN1C(=O)OCC1c2ccccc2-c2ccccc21)C(=O)C(=O)NC1CC1. The Morgan fingerprint density at radius 1 is 1.02 bits per heavy atom. The number of benzene rings is 3. The zero-order valence-corrected chi connectivity index (χ0v) is 26.6. The molecule has 0 unspecified atom stereocenters. The zero-order chi connectivity index (χ0) is 33.4. The van der Waals surface area contributed by atoms with Crippen LogP contribution in [0.1, 0.15) is 68.1 Å². The van der Waals surface area contributed by atoms with Gasteiger partial charge in [0.1, 0.15) is 18.5 Å². The molecule has 3 amide bonds. The molecule has 4 aliphatic rings. The molecule has 48 heavy (non-hydrogen) atoms. The minimum Gasteiger partial charge on any atom is -0.448 e. The Morgan fingerprint density at radius 3 is 2.40 bits per heavy atom. The number of carbonyl (C=O) groups excluding carboxylic acids is 4. The van der Waals surface area contributed by atoms with Crippen LogP contribution in [0.25, 0.3) is 11.1 Å². The highest BCUT2D eigenvalue weighted by Gasteiger charge is 2.55. The average Bonchev–Trinajstić information content (AvgIpc) is 3.55. The zero-order valence-electron chi connectivity index (χ0n) is 26.6. The van der Waals surface area contributed by atoms with Gasteiger partial charge in [-0.25, -0.2) is 9.18 Å². The van der Waals surface area contributed by atoms with Gasteiger partial charge in [0.25, 0.3) is 5.91 Å². The number of amides is 3. The molecule has 2 aliphatic carbocycles. The number of likely N-dealkylation sites (tertiary alicyclic amines) is 1. The number of nitrogens with zero attached hydrogens (tertiary/aromatic N) is 2. The van der Waals surface area contributed by atoms with Crippen LogP contribution in [0.2, 0.25) is 0 Å². The highest BCUT2D eigenvalue weighted by atomic mass is 19.1. The van der Waals surface area contributed by atoms with Crippen molar-refractivity contribution in [1.29, 1.82) is 0 Å². The van der Waals surface area contributed by atoms with Gasteiger partial charge in [-0.15, -0.1) is 0 Å². The van der Waals surface area contributed by atoms with Gasteiger partial charge >= 0.3 is 6.09 Å². The molecule has 0 aromatic heterocycles. The molecule has 2 aliphatic heterocycles. The van der Waals surface area contributed by atoms with Crippen molar-refractivity contribution in [1.82, 2.24) is 15.5 Å². The van der Waals surface area contributed by atoms with E-state index in [1.807, 2.05) is 55.5 Å². The third kappa shape index (κ3) is 6.16. The molecule has 0 radical (unpaired) electrons. The van der Waals surface area contributed by atoms with E-state index in [9.17, 15) is 23.6 Å². The molecule has 10 nitrogen and oxygen atoms in total. The Bertz CT molecular complexity index is 1760. The van der Waals surface area contributed by atoms with Gasteiger partial charge in [0.05, 0.1) is 18.3 Å². The lowest BCUT2D eigenvalue weighted by molar-refractivity contribution is -0.140. The van der Waals surface area contributed by atoms with E-state index >= 15 is 0 Å². The maximum absolute atomic E-state index is 14.0. The number of ether oxygens (including phenoxy) is 1. The van der Waals surface area contributed by atoms with Crippen molar-refractivity contribution in [3.8, 4) is 11.1 Å². The second-order valence-electron chi connectivity index (χ2n) is 13.1. The molecule has 2 heterocycles. The molecule has 1 saturated heterocycles. The Kier molecular flexibility index (Phi) is 8.45. The molecular formula is C37H37FN4O6. The molecule has 1 saturated carbocycles. The van der Waals surface area contributed by atoms with Crippen molar-refractivity contribution in [3.05, 3.63) is 95.3 Å². The molecule has 2 fully saturated rings. The van der Waals surface area contributed by atoms with Gasteiger partial charge in [0, 0.05) is 30.4 Å². The predicted octanol–water partition coefficient (Wildman–Crippen LogP) is 4.84. The normalized spacial score (nSPS) is 21.6. The minimum absolute atomic E-state index is 0.00928. The van der Waals surface area contributed by atoms with Crippen LogP contribution >= 0.6 is 0 Å². The van der Waals surface area contributed by atoms with Crippen molar-refractivity contribution in [2.45, 2.75) is 75.1 Å². The van der Waals surface area contributed by atoms with E-state index < -0.39 is 47.2 Å². The van der Waals surface area contributed by atoms with Gasteiger partial charge in [0.2, 0.25) is 11.7 Å². The van der Waals surface area contributed by atoms with E-state index in [-0.39, 0.29) is 44.4 Å². The number of carbonyl (C=O) groups is 4. The Balaban J connectivity index is 1.11. The van der Waals surface area contributed by atoms with Crippen LogP contribution < -0.4 is 10.6 Å². The summed E-state index contributed by atoms with van der Waals surface area (Å²) in [5.41, 5.74) is 4.26. The fourth-order valence-electron chi connectivity index (χ4n) is 7.06. The van der Waals surface area contributed by atoms with Crippen LogP contribution in [0.4, 0.5) is 9.18 Å². The first-order valence-corrected chi connectivity index (χ1v) is 16.5. The number of oxime groups is 1. The Labute approximate surface area is 277 Å². The largest absolute Gasteiger partial charge is 0.448 e. The first kappa shape index (κ1) is 31.5. The standard InChI is InChI=1S/C37H37FN4O6/c1-2-8-30(33(43)35(45)39-24-15-16-24)40-34(44)32-19-37(18-31(41-48-37)22-9-7-10-23(38)17-22)21-42(32)36(46)47-20-29-27-13-5-3-11-25(27)26-12-4-6-14-28(26)29/h3-7,9-14,17,24,29-30,32H,2,8,15-16,18-21H2,1H3,(H,39,45)(H,40,44)/t30-,32-,37+/m0/s1. The van der Waals surface area contributed by atoms with Crippen molar-refractivity contribution in [2.24, 2.45) is 5.16 Å². The number of rotatable bonds is 10. The Hall–Kier alpha value is -5.06. The minimum atomic E-state index is -1.07. The molecule has 0 bridgehead atoms. The van der Waals surface area contributed by atoms with Crippen molar-refractivity contribution >= 4 is 29.4 Å². The molecule has 3 aromatic carbocycles. The average molecular weight is 653 g/mol. The molecular weight excluding hydrogens is 615 g/mol. The van der Waals surface area contributed by atoms with Crippen molar-refractivity contribution in [2.75, 3.05) is 13.2 Å². The molecule has 3 atom stereocenters. The number of hydrogen-bond acceptors (Lipinski definition) is 7. The Morgan fingerprint density at radius 2 is 1.73 bits per heavy atom. The van der Waals surface area contributed by atoms with E-state index in [0.29, 0.717) is 17.7 Å². The summed E-state index contributed by atoms with van der Waals surface area (Å²) in [6, 6.07) is 19.9. The second-order valence-corrected chi connectivity index (χ2v) is 13.1. The molecule has 7 rings (SSSR count). The summed E-state index contributed by atoms with van der Waals surface area (Å²) in [6.45, 7) is 1.89. The number of Topliss-reactive ketones (excluding diaryl/α,β-unsaturated/α-hetero) is 1. The van der Waals surface area contributed by atoms with Gasteiger partial charge in [-0.05, 0) is 53.6 Å². The highest BCUT2D eigenvalue weighted by molar-refractivity contribution is 6.38. The maximum Gasteiger partial charge on any atom is 0.410 e. The lowest BCUT2D eigenvalue weighted by Gasteiger charge is -2.26. The van der Waals surface area contributed by atoms with Crippen LogP contribution in [0.3, 0.4) is 0 Å². The van der Waals surface area contributed by atoms with E-state index in [1.165, 1.54) is 17.0 Å². The summed E-state index contributed by atoms with van der Waals surface area (Å²) >= 11 is 0. The number of halogens is 1. The lowest BCUT2D eigenvalue weighted by atomic mass is 9.91. The molecule has 3 aromatic rings. The van der Waals surface area contributed by atoms with Crippen molar-refractivity contribution in [3.63, 3.8) is 0 Å². The summed E-state index contributed by atoms with van der Waals surface area (Å²) in [5.74, 6) is -2.63. The van der Waals surface area contributed by atoms with Gasteiger partial charge in [-0.1, -0.05) is 79.2 Å². The third-order valence-corrected chi connectivity index (χ3v) is 9.62. The fourth-order valence-corrected chi connectivity index (χ4v) is 7.06. The number of fused-ring (bicyclic) bond motifs is 3. The quantitative estimate of drug-likeness (QED) is 0.302. The summed E-state index contributed by atoms with van der Waals surface area (Å²) in [5, 5.41) is 9.69. The number of nitrogens with one attached hydrogen (secondary N) is 2. The smallest absolute Gasteiger partial charge is 0.410 e. The van der Waals surface area contributed by atoms with Crippen LogP contribution in [0.15, 0.2) is 78.0 Å². The summed E-state index contributed by atoms with van der Waals surface area (Å²) in [7, 11) is 0. The topological polar surface area (TPSA) is 126 Å². The van der Waals surface area contributed by atoms with Gasteiger partial charge in [-0.2, -0.15) is 0 Å². The molecule has 1 spiro atoms. The summed E-state index contributed by atoms with van der Waals surface area (Å²) < 4.78 is 20.0. The molecule has 248 valence electrons.